The quantitative estimate of drug-likeness (QED) is 0.883. The van der Waals surface area contributed by atoms with E-state index in [9.17, 15) is 0 Å². The van der Waals surface area contributed by atoms with E-state index in [4.69, 9.17) is 0 Å². The summed E-state index contributed by atoms with van der Waals surface area (Å²) in [4.78, 5) is 9.79. The van der Waals surface area contributed by atoms with Crippen LogP contribution in [0.1, 0.15) is 29.1 Å². The smallest absolute Gasteiger partial charge is 0.0794 e. The molecule has 0 radical (unpaired) electrons. The van der Waals surface area contributed by atoms with Crippen LogP contribution in [0, 0.1) is 6.92 Å². The molecule has 0 aromatic carbocycles. The van der Waals surface area contributed by atoms with Gasteiger partial charge in [0.1, 0.15) is 0 Å². The minimum Gasteiger partial charge on any atom is -0.310 e. The van der Waals surface area contributed by atoms with Gasteiger partial charge in [0.25, 0.3) is 0 Å². The number of aromatic nitrogens is 2. The van der Waals surface area contributed by atoms with Crippen LogP contribution in [-0.2, 0) is 6.42 Å². The number of nitrogens with zero attached hydrogens (tertiary/aromatic N) is 2. The molecule has 2 aromatic rings. The molecule has 0 saturated carbocycles. The van der Waals surface area contributed by atoms with Gasteiger partial charge in [-0.2, -0.15) is 0 Å². The summed E-state index contributed by atoms with van der Waals surface area (Å²) in [5.41, 5.74) is 4.26. The van der Waals surface area contributed by atoms with Gasteiger partial charge in [0.05, 0.1) is 5.51 Å². The molecule has 1 unspecified atom stereocenters. The molecule has 0 spiro atoms. The van der Waals surface area contributed by atoms with Crippen LogP contribution in [0.4, 0.5) is 0 Å². The Kier molecular flexibility index (Phi) is 4.23. The van der Waals surface area contributed by atoms with Crippen molar-refractivity contribution in [1.29, 1.82) is 0 Å². The van der Waals surface area contributed by atoms with E-state index in [1.54, 1.807) is 11.3 Å². The molecule has 0 saturated heterocycles. The van der Waals surface area contributed by atoms with Crippen LogP contribution < -0.4 is 5.32 Å². The van der Waals surface area contributed by atoms with E-state index >= 15 is 0 Å². The highest BCUT2D eigenvalue weighted by atomic mass is 32.1. The minimum atomic E-state index is 0.328. The number of pyridine rings is 1. The van der Waals surface area contributed by atoms with E-state index < -0.39 is 0 Å². The Morgan fingerprint density at radius 2 is 2.35 bits per heavy atom. The van der Waals surface area contributed by atoms with E-state index in [0.29, 0.717) is 6.04 Å². The Morgan fingerprint density at radius 1 is 1.47 bits per heavy atom. The van der Waals surface area contributed by atoms with Crippen LogP contribution in [0.3, 0.4) is 0 Å². The molecule has 4 heteroatoms. The van der Waals surface area contributed by atoms with E-state index in [-0.39, 0.29) is 0 Å². The summed E-state index contributed by atoms with van der Waals surface area (Å²) in [5, 5.41) is 3.52. The summed E-state index contributed by atoms with van der Waals surface area (Å²) in [6.45, 7) is 5.15. The topological polar surface area (TPSA) is 37.8 Å². The van der Waals surface area contributed by atoms with Crippen molar-refractivity contribution in [2.75, 3.05) is 6.54 Å². The van der Waals surface area contributed by atoms with Crippen LogP contribution in [0.2, 0.25) is 0 Å². The van der Waals surface area contributed by atoms with Crippen molar-refractivity contribution < 1.29 is 0 Å². The average molecular weight is 247 g/mol. The molecule has 0 amide bonds. The summed E-state index contributed by atoms with van der Waals surface area (Å²) >= 11 is 1.71. The Balaban J connectivity index is 2.20. The minimum absolute atomic E-state index is 0.328. The molecule has 0 fully saturated rings. The van der Waals surface area contributed by atoms with Gasteiger partial charge in [0.15, 0.2) is 0 Å². The Labute approximate surface area is 106 Å². The average Bonchev–Trinajstić information content (AvgIpc) is 2.82. The lowest BCUT2D eigenvalue weighted by atomic mass is 10.0. The van der Waals surface area contributed by atoms with Gasteiger partial charge in [-0.15, -0.1) is 11.3 Å². The number of nitrogens with one attached hydrogen (secondary N) is 1. The zero-order valence-electron chi connectivity index (χ0n) is 10.2. The lowest BCUT2D eigenvalue weighted by Gasteiger charge is -2.18. The van der Waals surface area contributed by atoms with Crippen LogP contribution in [-0.4, -0.2) is 16.5 Å². The van der Waals surface area contributed by atoms with Crippen molar-refractivity contribution >= 4 is 11.3 Å². The summed E-state index contributed by atoms with van der Waals surface area (Å²) in [7, 11) is 0. The zero-order valence-corrected chi connectivity index (χ0v) is 11.0. The molecule has 2 aromatic heterocycles. The molecule has 1 atom stereocenters. The summed E-state index contributed by atoms with van der Waals surface area (Å²) < 4.78 is 0. The van der Waals surface area contributed by atoms with Gasteiger partial charge in [0.2, 0.25) is 0 Å². The SMILES string of the molecule is CCNC(Cc1cncs1)c1cccnc1C. The normalized spacial score (nSPS) is 12.6. The highest BCUT2D eigenvalue weighted by molar-refractivity contribution is 7.09. The zero-order chi connectivity index (χ0) is 12.1. The molecule has 90 valence electrons. The molecule has 0 aliphatic carbocycles. The van der Waals surface area contributed by atoms with Gasteiger partial charge < -0.3 is 5.32 Å². The third kappa shape index (κ3) is 3.11. The molecule has 17 heavy (non-hydrogen) atoms. The predicted molar refractivity (Wildman–Crippen MR) is 71.2 cm³/mol. The van der Waals surface area contributed by atoms with Crippen LogP contribution in [0.5, 0.6) is 0 Å². The monoisotopic (exact) mass is 247 g/mol. The predicted octanol–water partition coefficient (Wildman–Crippen LogP) is 2.74. The molecule has 0 aliphatic rings. The molecule has 1 N–H and O–H groups in total. The third-order valence-corrected chi connectivity index (χ3v) is 3.56. The van der Waals surface area contributed by atoms with Crippen LogP contribution >= 0.6 is 11.3 Å². The van der Waals surface area contributed by atoms with Gasteiger partial charge in [-0.05, 0) is 25.1 Å². The molecule has 2 rings (SSSR count). The second-order valence-electron chi connectivity index (χ2n) is 3.96. The van der Waals surface area contributed by atoms with E-state index in [0.717, 1.165) is 18.7 Å². The van der Waals surface area contributed by atoms with Crippen molar-refractivity contribution in [3.8, 4) is 0 Å². The molecule has 0 bridgehead atoms. The number of hydrogen-bond acceptors (Lipinski definition) is 4. The van der Waals surface area contributed by atoms with Gasteiger partial charge >= 0.3 is 0 Å². The molecule has 3 nitrogen and oxygen atoms in total. The van der Waals surface area contributed by atoms with Gasteiger partial charge in [-0.1, -0.05) is 13.0 Å². The number of hydrogen-bond donors (Lipinski definition) is 1. The van der Waals surface area contributed by atoms with Crippen molar-refractivity contribution in [3.63, 3.8) is 0 Å². The largest absolute Gasteiger partial charge is 0.310 e. The van der Waals surface area contributed by atoms with Crippen molar-refractivity contribution in [2.45, 2.75) is 26.3 Å². The van der Waals surface area contributed by atoms with Gasteiger partial charge in [0, 0.05) is 35.4 Å². The summed E-state index contributed by atoms with van der Waals surface area (Å²) in [6.07, 6.45) is 4.76. The van der Waals surface area contributed by atoms with Gasteiger partial charge in [-0.25, -0.2) is 0 Å². The first-order chi connectivity index (χ1) is 8.31. The second-order valence-corrected chi connectivity index (χ2v) is 4.93. The van der Waals surface area contributed by atoms with Gasteiger partial charge in [-0.3, -0.25) is 9.97 Å². The Hall–Kier alpha value is -1.26. The maximum atomic E-state index is 4.36. The molecular formula is C13H17N3S. The third-order valence-electron chi connectivity index (χ3n) is 2.76. The Morgan fingerprint density at radius 3 is 3.00 bits per heavy atom. The highest BCUT2D eigenvalue weighted by Gasteiger charge is 2.14. The second kappa shape index (κ2) is 5.89. The number of likely N-dealkylation sites (N-methyl/N-ethyl adjacent to an activating group) is 1. The molecular weight excluding hydrogens is 230 g/mol. The number of aryl methyl sites for hydroxylation is 1. The lowest BCUT2D eigenvalue weighted by molar-refractivity contribution is 0.548. The van der Waals surface area contributed by atoms with Crippen molar-refractivity contribution in [3.05, 3.63) is 46.2 Å². The highest BCUT2D eigenvalue weighted by Crippen LogP contribution is 2.21. The fourth-order valence-electron chi connectivity index (χ4n) is 1.95. The first kappa shape index (κ1) is 12.2. The maximum Gasteiger partial charge on any atom is 0.0794 e. The first-order valence-electron chi connectivity index (χ1n) is 5.83. The lowest BCUT2D eigenvalue weighted by Crippen LogP contribution is -2.23. The fraction of sp³-hybridized carbons (Fsp3) is 0.385. The Bertz CT molecular complexity index is 453. The maximum absolute atomic E-state index is 4.36. The van der Waals surface area contributed by atoms with Crippen LogP contribution in [0.25, 0.3) is 0 Å². The van der Waals surface area contributed by atoms with Crippen molar-refractivity contribution in [1.82, 2.24) is 15.3 Å². The fourth-order valence-corrected chi connectivity index (χ4v) is 2.59. The van der Waals surface area contributed by atoms with Crippen LogP contribution in [0.15, 0.2) is 30.0 Å². The van der Waals surface area contributed by atoms with E-state index in [1.165, 1.54) is 10.4 Å². The molecule has 2 heterocycles. The number of thiazole rings is 1. The first-order valence-corrected chi connectivity index (χ1v) is 6.71. The molecule has 0 aliphatic heterocycles. The van der Waals surface area contributed by atoms with E-state index in [1.807, 2.05) is 24.0 Å². The summed E-state index contributed by atoms with van der Waals surface area (Å²) in [6, 6.07) is 4.48. The van der Waals surface area contributed by atoms with Crippen molar-refractivity contribution in [2.24, 2.45) is 0 Å². The number of rotatable bonds is 5. The van der Waals surface area contributed by atoms with E-state index in [2.05, 4.69) is 35.2 Å². The summed E-state index contributed by atoms with van der Waals surface area (Å²) in [5.74, 6) is 0. The standard InChI is InChI=1S/C13H17N3S/c1-3-15-13(7-11-8-14-9-17-11)12-5-4-6-16-10(12)2/h4-6,8-9,13,15H,3,7H2,1-2H3.